The monoisotopic (exact) mass is 327 g/mol. The summed E-state index contributed by atoms with van der Waals surface area (Å²) in [6, 6.07) is 0.120. The van der Waals surface area contributed by atoms with E-state index in [2.05, 4.69) is 13.8 Å². The zero-order chi connectivity index (χ0) is 16.8. The second-order valence-corrected chi connectivity index (χ2v) is 7.87. The molecule has 0 bridgehead atoms. The number of hydrogen-bond acceptors (Lipinski definition) is 4. The number of likely N-dealkylation sites (tertiary alicyclic amines) is 1. The highest BCUT2D eigenvalue weighted by molar-refractivity contribution is 8.14. The molecule has 2 atom stereocenters. The largest absolute Gasteiger partial charge is 0.444 e. The zero-order valence-electron chi connectivity index (χ0n) is 14.4. The first-order valence-corrected chi connectivity index (χ1v) is 9.07. The van der Waals surface area contributed by atoms with Crippen LogP contribution in [0.5, 0.6) is 0 Å². The maximum Gasteiger partial charge on any atom is 0.410 e. The van der Waals surface area contributed by atoms with Gasteiger partial charge in [0.25, 0.3) is 0 Å². The Kier molecular flexibility index (Phi) is 7.46. The summed E-state index contributed by atoms with van der Waals surface area (Å²) in [5.74, 6) is 1.01. The quantitative estimate of drug-likeness (QED) is 0.708. The number of ether oxygens (including phenoxy) is 1. The van der Waals surface area contributed by atoms with Crippen molar-refractivity contribution in [3.63, 3.8) is 0 Å². The lowest BCUT2D eigenvalue weighted by atomic mass is 9.99. The highest BCUT2D eigenvalue weighted by atomic mass is 32.2. The maximum atomic E-state index is 12.3. The highest BCUT2D eigenvalue weighted by Crippen LogP contribution is 2.27. The Hall–Kier alpha value is -0.970. The lowest BCUT2D eigenvalue weighted by Gasteiger charge is -2.30. The highest BCUT2D eigenvalue weighted by Gasteiger charge is 2.34. The number of hydrogen-bond donors (Lipinski definition) is 0. The Morgan fingerprint density at radius 3 is 2.68 bits per heavy atom. The molecule has 1 aliphatic rings. The number of carbonyl (C=O) groups excluding carboxylic acids is 2. The van der Waals surface area contributed by atoms with Crippen molar-refractivity contribution in [1.29, 1.82) is 0 Å². The number of rotatable bonds is 5. The molecular weight excluding hydrogens is 298 g/mol. The maximum absolute atomic E-state index is 12.3. The van der Waals surface area contributed by atoms with Gasteiger partial charge in [0.1, 0.15) is 5.60 Å². The minimum atomic E-state index is -0.476. The van der Waals surface area contributed by atoms with Crippen LogP contribution in [0.2, 0.25) is 0 Å². The van der Waals surface area contributed by atoms with Crippen molar-refractivity contribution in [2.75, 3.05) is 12.3 Å². The van der Waals surface area contributed by atoms with Gasteiger partial charge < -0.3 is 9.64 Å². The molecule has 5 heteroatoms. The molecule has 0 aromatic rings. The molecule has 0 spiro atoms. The molecule has 4 nitrogen and oxygen atoms in total. The van der Waals surface area contributed by atoms with Crippen LogP contribution in [0.25, 0.3) is 0 Å². The van der Waals surface area contributed by atoms with E-state index in [1.165, 1.54) is 11.8 Å². The molecule has 1 saturated heterocycles. The molecule has 1 aliphatic heterocycles. The first-order chi connectivity index (χ1) is 10.2. The molecule has 126 valence electrons. The van der Waals surface area contributed by atoms with Gasteiger partial charge in [0.05, 0.1) is 0 Å². The molecule has 1 heterocycles. The van der Waals surface area contributed by atoms with Crippen LogP contribution >= 0.6 is 11.8 Å². The van der Waals surface area contributed by atoms with Crippen LogP contribution in [0.1, 0.15) is 53.9 Å². The molecule has 0 aromatic carbocycles. The van der Waals surface area contributed by atoms with Gasteiger partial charge in [-0.05, 0) is 52.0 Å². The van der Waals surface area contributed by atoms with E-state index in [4.69, 9.17) is 4.74 Å². The van der Waals surface area contributed by atoms with Gasteiger partial charge in [-0.2, -0.15) is 0 Å². The minimum absolute atomic E-state index is 0.0931. The van der Waals surface area contributed by atoms with Gasteiger partial charge in [0.15, 0.2) is 0 Å². The van der Waals surface area contributed by atoms with E-state index < -0.39 is 5.60 Å². The van der Waals surface area contributed by atoms with Gasteiger partial charge in [-0.3, -0.25) is 4.79 Å². The van der Waals surface area contributed by atoms with Gasteiger partial charge in [0, 0.05) is 18.3 Å². The molecule has 1 amide bonds. The number of carbonyl (C=O) groups is 2. The molecule has 0 saturated carbocycles. The lowest BCUT2D eigenvalue weighted by Crippen LogP contribution is -2.42. The van der Waals surface area contributed by atoms with Crippen LogP contribution < -0.4 is 0 Å². The van der Waals surface area contributed by atoms with E-state index >= 15 is 0 Å². The van der Waals surface area contributed by atoms with E-state index in [9.17, 15) is 9.59 Å². The second kappa shape index (κ2) is 8.61. The predicted octanol–water partition coefficient (Wildman–Crippen LogP) is 4.25. The van der Waals surface area contributed by atoms with Crippen LogP contribution in [0, 0.1) is 5.92 Å². The molecule has 2 unspecified atom stereocenters. The Balaban J connectivity index is 2.60. The molecule has 0 aliphatic carbocycles. The standard InChI is InChI=1S/C17H29NO3S/c1-6-12-22-15(19)10-9-13(2)14-8-7-11-18(14)16(20)21-17(3,4)5/h9-10,13-14H,6-8,11-12H2,1-5H3/b10-9-. The molecule has 1 rings (SSSR count). The number of thioether (sulfide) groups is 1. The molecule has 22 heavy (non-hydrogen) atoms. The molecule has 0 aromatic heterocycles. The first kappa shape index (κ1) is 19.1. The third-order valence-corrected chi connectivity index (χ3v) is 4.55. The molecule has 0 N–H and O–H groups in total. The molecule has 1 fully saturated rings. The summed E-state index contributed by atoms with van der Waals surface area (Å²) in [4.78, 5) is 25.8. The van der Waals surface area contributed by atoms with Crippen LogP contribution in [0.15, 0.2) is 12.2 Å². The predicted molar refractivity (Wildman–Crippen MR) is 92.0 cm³/mol. The van der Waals surface area contributed by atoms with E-state index in [-0.39, 0.29) is 23.2 Å². The van der Waals surface area contributed by atoms with Crippen LogP contribution in [0.3, 0.4) is 0 Å². The Morgan fingerprint density at radius 2 is 2.09 bits per heavy atom. The normalized spacial score (nSPS) is 20.4. The minimum Gasteiger partial charge on any atom is -0.444 e. The number of nitrogens with zero attached hydrogens (tertiary/aromatic N) is 1. The van der Waals surface area contributed by atoms with Crippen LogP contribution in [-0.4, -0.2) is 40.0 Å². The van der Waals surface area contributed by atoms with Gasteiger partial charge in [-0.15, -0.1) is 0 Å². The Morgan fingerprint density at radius 1 is 1.41 bits per heavy atom. The summed E-state index contributed by atoms with van der Waals surface area (Å²) >= 11 is 1.34. The first-order valence-electron chi connectivity index (χ1n) is 8.09. The smallest absolute Gasteiger partial charge is 0.410 e. The Labute approximate surface area is 138 Å². The van der Waals surface area contributed by atoms with Crippen molar-refractivity contribution in [1.82, 2.24) is 4.90 Å². The van der Waals surface area contributed by atoms with Crippen LogP contribution in [0.4, 0.5) is 4.79 Å². The van der Waals surface area contributed by atoms with Crippen molar-refractivity contribution in [2.45, 2.75) is 65.5 Å². The van der Waals surface area contributed by atoms with Crippen molar-refractivity contribution < 1.29 is 14.3 Å². The fraction of sp³-hybridized carbons (Fsp3) is 0.765. The average Bonchev–Trinajstić information content (AvgIpc) is 2.90. The van der Waals surface area contributed by atoms with Crippen molar-refractivity contribution in [3.05, 3.63) is 12.2 Å². The summed E-state index contributed by atoms with van der Waals surface area (Å²) in [7, 11) is 0. The topological polar surface area (TPSA) is 46.6 Å². The molecule has 0 radical (unpaired) electrons. The van der Waals surface area contributed by atoms with Crippen LogP contribution in [-0.2, 0) is 9.53 Å². The van der Waals surface area contributed by atoms with Gasteiger partial charge in [-0.25, -0.2) is 4.79 Å². The molecular formula is C17H29NO3S. The van der Waals surface area contributed by atoms with E-state index in [1.54, 1.807) is 6.08 Å². The Bertz CT molecular complexity index is 415. The lowest BCUT2D eigenvalue weighted by molar-refractivity contribution is -0.107. The second-order valence-electron chi connectivity index (χ2n) is 6.77. The van der Waals surface area contributed by atoms with Gasteiger partial charge in [-0.1, -0.05) is 31.7 Å². The number of amides is 1. The zero-order valence-corrected chi connectivity index (χ0v) is 15.2. The van der Waals surface area contributed by atoms with Crippen molar-refractivity contribution in [2.24, 2.45) is 5.92 Å². The van der Waals surface area contributed by atoms with Crippen molar-refractivity contribution in [3.8, 4) is 0 Å². The SMILES string of the molecule is CCCSC(=O)/C=C\C(C)C1CCCN1C(=O)OC(C)(C)C. The van der Waals surface area contributed by atoms with Gasteiger partial charge in [0.2, 0.25) is 5.12 Å². The van der Waals surface area contributed by atoms with Crippen molar-refractivity contribution >= 4 is 23.0 Å². The summed E-state index contributed by atoms with van der Waals surface area (Å²) < 4.78 is 5.47. The van der Waals surface area contributed by atoms with Gasteiger partial charge >= 0.3 is 6.09 Å². The summed E-state index contributed by atoms with van der Waals surface area (Å²) in [5.41, 5.74) is -0.476. The third kappa shape index (κ3) is 6.42. The fourth-order valence-corrected chi connectivity index (χ4v) is 3.08. The van der Waals surface area contributed by atoms with E-state index in [1.807, 2.05) is 31.7 Å². The average molecular weight is 327 g/mol. The summed E-state index contributed by atoms with van der Waals surface area (Å²) in [6.07, 6.45) is 6.27. The van der Waals surface area contributed by atoms with E-state index in [0.717, 1.165) is 31.6 Å². The third-order valence-electron chi connectivity index (χ3n) is 3.52. The summed E-state index contributed by atoms with van der Waals surface area (Å²) in [6.45, 7) is 10.5. The fourth-order valence-electron chi connectivity index (χ4n) is 2.50. The van der Waals surface area contributed by atoms with E-state index in [0.29, 0.717) is 0 Å². The summed E-state index contributed by atoms with van der Waals surface area (Å²) in [5, 5.41) is 0.0931.